The van der Waals surface area contributed by atoms with Crippen LogP contribution in [0.15, 0.2) is 23.3 Å². The van der Waals surface area contributed by atoms with Crippen molar-refractivity contribution >= 4 is 17.7 Å². The third kappa shape index (κ3) is 3.73. The van der Waals surface area contributed by atoms with Crippen LogP contribution in [0.5, 0.6) is 0 Å². The van der Waals surface area contributed by atoms with Crippen LogP contribution < -0.4 is 0 Å². The molecule has 1 saturated carbocycles. The Morgan fingerprint density at radius 3 is 2.31 bits per heavy atom. The van der Waals surface area contributed by atoms with Gasteiger partial charge in [-0.2, -0.15) is 0 Å². The number of fused-ring (bicyclic) bond motifs is 4. The Morgan fingerprint density at radius 1 is 1.16 bits per heavy atom. The molecular formula is C25H36O7. The standard InChI is InChI=1S/C25H36O7/c1-13-8-18-11-25(30,21(13)29)10-17(12-26)9-19-20(18)14(2)22(31-15(3)27)24(7,23(19,5)6)32-16(4)28/h8-9,14,18-20,22,26,30H,10-12H2,1-7H3/b17-9+/t14-,18+,19+,20+,22+,24+,25+/m0/s1. The molecule has 0 radical (unpaired) electrons. The maximum absolute atomic E-state index is 12.8. The number of aliphatic hydroxyl groups is 2. The van der Waals surface area contributed by atoms with E-state index in [1.807, 2.05) is 39.8 Å². The van der Waals surface area contributed by atoms with E-state index >= 15 is 0 Å². The molecule has 0 aromatic carbocycles. The first-order valence-electron chi connectivity index (χ1n) is 11.3. The Morgan fingerprint density at radius 2 is 1.78 bits per heavy atom. The van der Waals surface area contributed by atoms with E-state index in [1.54, 1.807) is 6.92 Å². The number of hydrogen-bond acceptors (Lipinski definition) is 7. The van der Waals surface area contributed by atoms with Crippen LogP contribution in [-0.4, -0.2) is 51.8 Å². The lowest BCUT2D eigenvalue weighted by Gasteiger charge is -2.61. The number of Topliss-reactive ketones (excluding diaryl/α,β-unsaturated/α-hetero) is 1. The van der Waals surface area contributed by atoms with E-state index < -0.39 is 34.7 Å². The normalized spacial score (nSPS) is 42.4. The first-order valence-corrected chi connectivity index (χ1v) is 11.3. The Kier molecular flexibility index (Phi) is 6.24. The summed E-state index contributed by atoms with van der Waals surface area (Å²) in [6, 6.07) is 0. The van der Waals surface area contributed by atoms with Crippen LogP contribution in [0.25, 0.3) is 0 Å². The summed E-state index contributed by atoms with van der Waals surface area (Å²) in [6.07, 6.45) is 3.46. The van der Waals surface area contributed by atoms with Crippen LogP contribution in [0.1, 0.15) is 61.3 Å². The zero-order valence-corrected chi connectivity index (χ0v) is 20.1. The van der Waals surface area contributed by atoms with Gasteiger partial charge in [-0.1, -0.05) is 32.9 Å². The molecule has 32 heavy (non-hydrogen) atoms. The number of carbonyl (C=O) groups excluding carboxylic acids is 3. The monoisotopic (exact) mass is 448 g/mol. The number of esters is 2. The largest absolute Gasteiger partial charge is 0.458 e. The summed E-state index contributed by atoms with van der Waals surface area (Å²) in [7, 11) is 0. The van der Waals surface area contributed by atoms with Gasteiger partial charge >= 0.3 is 11.9 Å². The highest BCUT2D eigenvalue weighted by Gasteiger charge is 2.65. The number of ether oxygens (including phenoxy) is 2. The molecule has 1 fully saturated rings. The van der Waals surface area contributed by atoms with Gasteiger partial charge in [0.25, 0.3) is 0 Å². The van der Waals surface area contributed by atoms with E-state index in [2.05, 4.69) is 0 Å². The van der Waals surface area contributed by atoms with E-state index in [9.17, 15) is 24.6 Å². The van der Waals surface area contributed by atoms with Gasteiger partial charge in [-0.3, -0.25) is 14.4 Å². The van der Waals surface area contributed by atoms with Crippen molar-refractivity contribution in [3.8, 4) is 0 Å². The third-order valence-corrected chi connectivity index (χ3v) is 8.25. The molecule has 3 aliphatic carbocycles. The highest BCUT2D eigenvalue weighted by molar-refractivity contribution is 6.02. The maximum atomic E-state index is 12.8. The van der Waals surface area contributed by atoms with Gasteiger partial charge in [0.05, 0.1) is 6.61 Å². The van der Waals surface area contributed by atoms with Crippen LogP contribution in [-0.2, 0) is 23.9 Å². The van der Waals surface area contributed by atoms with E-state index in [4.69, 9.17) is 9.47 Å². The number of aliphatic hydroxyl groups excluding tert-OH is 1. The minimum atomic E-state index is -1.57. The molecular weight excluding hydrogens is 412 g/mol. The minimum Gasteiger partial charge on any atom is -0.458 e. The fourth-order valence-electron chi connectivity index (χ4n) is 6.57. The summed E-state index contributed by atoms with van der Waals surface area (Å²) in [5.74, 6) is -1.91. The van der Waals surface area contributed by atoms with Crippen molar-refractivity contribution in [2.75, 3.05) is 6.61 Å². The Balaban J connectivity index is 2.26. The number of ketones is 1. The van der Waals surface area contributed by atoms with Crippen LogP contribution in [0.3, 0.4) is 0 Å². The zero-order valence-electron chi connectivity index (χ0n) is 20.1. The minimum absolute atomic E-state index is 0.0648. The first-order chi connectivity index (χ1) is 14.7. The second-order valence-electron chi connectivity index (χ2n) is 10.7. The molecule has 3 aliphatic rings. The van der Waals surface area contributed by atoms with Gasteiger partial charge in [-0.05, 0) is 49.2 Å². The summed E-state index contributed by atoms with van der Waals surface area (Å²) in [4.78, 5) is 37.1. The average Bonchev–Trinajstić information content (AvgIpc) is 2.65. The van der Waals surface area contributed by atoms with E-state index in [-0.39, 0.29) is 48.9 Å². The van der Waals surface area contributed by atoms with E-state index in [1.165, 1.54) is 13.8 Å². The molecule has 7 nitrogen and oxygen atoms in total. The molecule has 7 heteroatoms. The van der Waals surface area contributed by atoms with Gasteiger partial charge in [-0.25, -0.2) is 0 Å². The number of rotatable bonds is 3. The second-order valence-corrected chi connectivity index (χ2v) is 10.7. The lowest BCUT2D eigenvalue weighted by Crippen LogP contribution is -2.68. The van der Waals surface area contributed by atoms with Gasteiger partial charge in [0.2, 0.25) is 0 Å². The van der Waals surface area contributed by atoms with Crippen molar-refractivity contribution in [1.29, 1.82) is 0 Å². The summed E-state index contributed by atoms with van der Waals surface area (Å²) in [5, 5.41) is 21.4. The van der Waals surface area contributed by atoms with Crippen molar-refractivity contribution in [1.82, 2.24) is 0 Å². The predicted octanol–water partition coefficient (Wildman–Crippen LogP) is 2.74. The molecule has 0 spiro atoms. The molecule has 0 amide bonds. The van der Waals surface area contributed by atoms with Gasteiger partial charge < -0.3 is 19.7 Å². The number of hydrogen-bond donors (Lipinski definition) is 2. The molecule has 2 N–H and O–H groups in total. The molecule has 3 rings (SSSR count). The molecule has 0 aromatic rings. The van der Waals surface area contributed by atoms with Crippen LogP contribution >= 0.6 is 0 Å². The van der Waals surface area contributed by atoms with Crippen LogP contribution in [0.4, 0.5) is 0 Å². The quantitative estimate of drug-likeness (QED) is 0.504. The van der Waals surface area contributed by atoms with Crippen molar-refractivity contribution in [2.24, 2.45) is 29.1 Å². The zero-order chi connectivity index (χ0) is 24.2. The van der Waals surface area contributed by atoms with Crippen molar-refractivity contribution in [3.63, 3.8) is 0 Å². The SMILES string of the molecule is CC(=O)O[C@@H]1[C@@H](C)[C@@H]2[C@@H]3C=C(C)C(=O)[C@@](O)(C/C(CO)=C\[C@H]2C(C)(C)[C@]1(C)OC(C)=O)C3. The second kappa shape index (κ2) is 8.10. The van der Waals surface area contributed by atoms with Gasteiger partial charge in [-0.15, -0.1) is 0 Å². The highest BCUT2D eigenvalue weighted by atomic mass is 16.6. The average molecular weight is 449 g/mol. The summed E-state index contributed by atoms with van der Waals surface area (Å²) >= 11 is 0. The van der Waals surface area contributed by atoms with Gasteiger partial charge in [0.1, 0.15) is 11.7 Å². The van der Waals surface area contributed by atoms with E-state index in [0.717, 1.165) is 0 Å². The van der Waals surface area contributed by atoms with Crippen LogP contribution in [0.2, 0.25) is 0 Å². The topological polar surface area (TPSA) is 110 Å². The number of allylic oxidation sites excluding steroid dienone is 2. The van der Waals surface area contributed by atoms with Gasteiger partial charge in [0.15, 0.2) is 11.4 Å². The van der Waals surface area contributed by atoms with Crippen molar-refractivity contribution in [3.05, 3.63) is 23.3 Å². The lowest BCUT2D eigenvalue weighted by molar-refractivity contribution is -0.246. The summed E-state index contributed by atoms with van der Waals surface area (Å²) in [6.45, 7) is 11.9. The predicted molar refractivity (Wildman–Crippen MR) is 117 cm³/mol. The summed E-state index contributed by atoms with van der Waals surface area (Å²) in [5.41, 5.74) is -2.29. The summed E-state index contributed by atoms with van der Waals surface area (Å²) < 4.78 is 11.7. The molecule has 0 saturated heterocycles. The van der Waals surface area contributed by atoms with Crippen molar-refractivity contribution < 1.29 is 34.1 Å². The smallest absolute Gasteiger partial charge is 0.303 e. The molecule has 178 valence electrons. The molecule has 0 aliphatic heterocycles. The first kappa shape index (κ1) is 24.6. The molecule has 0 aromatic heterocycles. The fraction of sp³-hybridized carbons (Fsp3) is 0.720. The van der Waals surface area contributed by atoms with Crippen LogP contribution in [0, 0.1) is 29.1 Å². The molecule has 2 bridgehead atoms. The van der Waals surface area contributed by atoms with Gasteiger partial charge in [0, 0.05) is 31.6 Å². The molecule has 0 heterocycles. The maximum Gasteiger partial charge on any atom is 0.303 e. The lowest BCUT2D eigenvalue weighted by atomic mass is 9.47. The Labute approximate surface area is 189 Å². The third-order valence-electron chi connectivity index (χ3n) is 8.25. The van der Waals surface area contributed by atoms with Crippen molar-refractivity contribution in [2.45, 2.75) is 78.6 Å². The highest BCUT2D eigenvalue weighted by Crippen LogP contribution is 2.60. The Bertz CT molecular complexity index is 885. The molecule has 0 unspecified atom stereocenters. The molecule has 7 atom stereocenters. The fourth-order valence-corrected chi connectivity index (χ4v) is 6.57. The Hall–Kier alpha value is -1.99. The van der Waals surface area contributed by atoms with E-state index in [0.29, 0.717) is 11.1 Å². The number of carbonyl (C=O) groups is 3.